The average Bonchev–Trinajstić information content (AvgIpc) is 2.31. The standard InChI is InChI=1S/C12H13F3N2O/c1-3-17(4-2)11-6-5-9(12(13,14)15)7-10(11)16-8-18/h5-7H,3-4H2,1-2H3. The van der Waals surface area contributed by atoms with Gasteiger partial charge in [-0.15, -0.1) is 0 Å². The maximum Gasteiger partial charge on any atom is 0.416 e. The topological polar surface area (TPSA) is 32.7 Å². The predicted octanol–water partition coefficient (Wildman–Crippen LogP) is 3.52. The summed E-state index contributed by atoms with van der Waals surface area (Å²) >= 11 is 0. The summed E-state index contributed by atoms with van der Waals surface area (Å²) in [7, 11) is 0. The molecule has 3 nitrogen and oxygen atoms in total. The Bertz CT molecular complexity index is 461. The van der Waals surface area contributed by atoms with Crippen molar-refractivity contribution in [2.75, 3.05) is 18.0 Å². The smallest absolute Gasteiger partial charge is 0.370 e. The van der Waals surface area contributed by atoms with Crippen LogP contribution in [0.1, 0.15) is 19.4 Å². The van der Waals surface area contributed by atoms with E-state index in [4.69, 9.17) is 0 Å². The highest BCUT2D eigenvalue weighted by molar-refractivity contribution is 5.70. The van der Waals surface area contributed by atoms with E-state index in [1.807, 2.05) is 18.7 Å². The fourth-order valence-electron chi connectivity index (χ4n) is 1.67. The van der Waals surface area contributed by atoms with Crippen molar-refractivity contribution in [2.45, 2.75) is 20.0 Å². The lowest BCUT2D eigenvalue weighted by Crippen LogP contribution is -2.22. The Kier molecular flexibility index (Phi) is 4.50. The average molecular weight is 258 g/mol. The summed E-state index contributed by atoms with van der Waals surface area (Å²) in [5.74, 6) is 0. The van der Waals surface area contributed by atoms with Gasteiger partial charge in [0.05, 0.1) is 11.3 Å². The first-order chi connectivity index (χ1) is 8.43. The number of hydrogen-bond donors (Lipinski definition) is 0. The molecule has 0 aromatic heterocycles. The van der Waals surface area contributed by atoms with Gasteiger partial charge in [0.25, 0.3) is 0 Å². The number of aliphatic imine (C=N–C) groups is 1. The number of benzene rings is 1. The highest BCUT2D eigenvalue weighted by Crippen LogP contribution is 2.36. The van der Waals surface area contributed by atoms with E-state index in [2.05, 4.69) is 4.99 Å². The van der Waals surface area contributed by atoms with Crippen LogP contribution < -0.4 is 4.90 Å². The normalized spacial score (nSPS) is 10.9. The number of carbonyl (C=O) groups excluding carboxylic acids is 1. The van der Waals surface area contributed by atoms with Crippen molar-refractivity contribution < 1.29 is 18.0 Å². The first-order valence-corrected chi connectivity index (χ1v) is 5.48. The summed E-state index contributed by atoms with van der Waals surface area (Å²) in [6, 6.07) is 3.17. The number of halogens is 3. The Morgan fingerprint density at radius 2 is 1.89 bits per heavy atom. The third kappa shape index (κ3) is 3.11. The maximum atomic E-state index is 12.6. The van der Waals surface area contributed by atoms with Crippen LogP contribution in [0.3, 0.4) is 0 Å². The molecule has 0 bridgehead atoms. The van der Waals surface area contributed by atoms with Gasteiger partial charge in [-0.3, -0.25) is 0 Å². The van der Waals surface area contributed by atoms with Crippen molar-refractivity contribution in [3.8, 4) is 0 Å². The highest BCUT2D eigenvalue weighted by Gasteiger charge is 2.31. The summed E-state index contributed by atoms with van der Waals surface area (Å²) in [5, 5.41) is 0. The lowest BCUT2D eigenvalue weighted by Gasteiger charge is -2.23. The number of alkyl halides is 3. The molecule has 0 heterocycles. The van der Waals surface area contributed by atoms with Crippen LogP contribution in [0, 0.1) is 0 Å². The number of hydrogen-bond acceptors (Lipinski definition) is 3. The van der Waals surface area contributed by atoms with Crippen LogP contribution in [-0.4, -0.2) is 19.2 Å². The second-order valence-corrected chi connectivity index (χ2v) is 3.58. The fourth-order valence-corrected chi connectivity index (χ4v) is 1.67. The van der Waals surface area contributed by atoms with Crippen LogP contribution in [0.2, 0.25) is 0 Å². The van der Waals surface area contributed by atoms with E-state index in [9.17, 15) is 18.0 Å². The third-order valence-corrected chi connectivity index (χ3v) is 2.57. The SMILES string of the molecule is CCN(CC)c1ccc(C(F)(F)F)cc1N=C=O. The van der Waals surface area contributed by atoms with Gasteiger partial charge in [-0.05, 0) is 32.0 Å². The highest BCUT2D eigenvalue weighted by atomic mass is 19.4. The second-order valence-electron chi connectivity index (χ2n) is 3.58. The molecule has 0 aliphatic heterocycles. The minimum atomic E-state index is -4.45. The van der Waals surface area contributed by atoms with E-state index < -0.39 is 11.7 Å². The molecule has 0 N–H and O–H groups in total. The van der Waals surface area contributed by atoms with Crippen LogP contribution in [0.4, 0.5) is 24.5 Å². The second kappa shape index (κ2) is 5.69. The Balaban J connectivity index is 3.33. The van der Waals surface area contributed by atoms with Crippen LogP contribution in [0.5, 0.6) is 0 Å². The lowest BCUT2D eigenvalue weighted by atomic mass is 10.1. The largest absolute Gasteiger partial charge is 0.416 e. The molecule has 98 valence electrons. The summed E-state index contributed by atoms with van der Waals surface area (Å²) in [4.78, 5) is 15.5. The monoisotopic (exact) mass is 258 g/mol. The molecule has 0 saturated carbocycles. The van der Waals surface area contributed by atoms with Crippen LogP contribution in [0.15, 0.2) is 23.2 Å². The van der Waals surface area contributed by atoms with Crippen LogP contribution in [0.25, 0.3) is 0 Å². The summed E-state index contributed by atoms with van der Waals surface area (Å²) in [6.07, 6.45) is -3.16. The molecule has 0 saturated heterocycles. The van der Waals surface area contributed by atoms with Crippen molar-refractivity contribution >= 4 is 17.5 Å². The van der Waals surface area contributed by atoms with Crippen molar-refractivity contribution in [1.29, 1.82) is 0 Å². The van der Waals surface area contributed by atoms with Gasteiger partial charge in [0.2, 0.25) is 6.08 Å². The maximum absolute atomic E-state index is 12.6. The first kappa shape index (κ1) is 14.3. The zero-order valence-corrected chi connectivity index (χ0v) is 10.1. The molecule has 1 aromatic carbocycles. The Labute approximate surface area is 103 Å². The molecule has 1 rings (SSSR count). The molecule has 6 heteroatoms. The van der Waals surface area contributed by atoms with E-state index in [0.29, 0.717) is 18.8 Å². The molecule has 0 radical (unpaired) electrons. The molecule has 0 aliphatic carbocycles. The van der Waals surface area contributed by atoms with Crippen LogP contribution in [-0.2, 0) is 11.0 Å². The molecule has 1 aromatic rings. The number of nitrogens with zero attached hydrogens (tertiary/aromatic N) is 2. The predicted molar refractivity (Wildman–Crippen MR) is 62.8 cm³/mol. The van der Waals surface area contributed by atoms with E-state index in [0.717, 1.165) is 12.1 Å². The molecular formula is C12H13F3N2O. The lowest BCUT2D eigenvalue weighted by molar-refractivity contribution is -0.137. The zero-order valence-electron chi connectivity index (χ0n) is 10.1. The van der Waals surface area contributed by atoms with E-state index in [-0.39, 0.29) is 5.69 Å². The van der Waals surface area contributed by atoms with Gasteiger partial charge >= 0.3 is 6.18 Å². The molecule has 0 unspecified atom stereocenters. The molecule has 0 aliphatic rings. The zero-order chi connectivity index (χ0) is 13.8. The number of anilines is 1. The molecule has 0 fully saturated rings. The minimum absolute atomic E-state index is 0.0106. The van der Waals surface area contributed by atoms with Gasteiger partial charge < -0.3 is 4.90 Å². The minimum Gasteiger partial charge on any atom is -0.370 e. The van der Waals surface area contributed by atoms with Gasteiger partial charge in [0.1, 0.15) is 5.69 Å². The molecule has 18 heavy (non-hydrogen) atoms. The van der Waals surface area contributed by atoms with E-state index >= 15 is 0 Å². The molecule has 0 atom stereocenters. The third-order valence-electron chi connectivity index (χ3n) is 2.57. The van der Waals surface area contributed by atoms with Gasteiger partial charge in [0.15, 0.2) is 0 Å². The van der Waals surface area contributed by atoms with Crippen molar-refractivity contribution in [2.24, 2.45) is 4.99 Å². The number of rotatable bonds is 4. The van der Waals surface area contributed by atoms with Crippen molar-refractivity contribution in [1.82, 2.24) is 0 Å². The summed E-state index contributed by atoms with van der Waals surface area (Å²) < 4.78 is 37.7. The fraction of sp³-hybridized carbons (Fsp3) is 0.417. The molecule has 0 amide bonds. The van der Waals surface area contributed by atoms with Crippen molar-refractivity contribution in [3.63, 3.8) is 0 Å². The van der Waals surface area contributed by atoms with Gasteiger partial charge in [-0.2, -0.15) is 18.2 Å². The Hall–Kier alpha value is -1.81. The molecule has 0 spiro atoms. The number of isocyanates is 1. The summed E-state index contributed by atoms with van der Waals surface area (Å²) in [6.45, 7) is 4.97. The first-order valence-electron chi connectivity index (χ1n) is 5.48. The van der Waals surface area contributed by atoms with Gasteiger partial charge in [0, 0.05) is 13.1 Å². The Morgan fingerprint density at radius 1 is 1.28 bits per heavy atom. The Morgan fingerprint density at radius 3 is 2.33 bits per heavy atom. The van der Waals surface area contributed by atoms with Crippen molar-refractivity contribution in [3.05, 3.63) is 23.8 Å². The van der Waals surface area contributed by atoms with Gasteiger partial charge in [-0.1, -0.05) is 0 Å². The summed E-state index contributed by atoms with van der Waals surface area (Å²) in [5.41, 5.74) is -0.340. The van der Waals surface area contributed by atoms with Crippen LogP contribution >= 0.6 is 0 Å². The quantitative estimate of drug-likeness (QED) is 0.611. The van der Waals surface area contributed by atoms with E-state index in [1.54, 1.807) is 0 Å². The molecular weight excluding hydrogens is 245 g/mol. The van der Waals surface area contributed by atoms with Gasteiger partial charge in [-0.25, -0.2) is 4.79 Å². The van der Waals surface area contributed by atoms with E-state index in [1.165, 1.54) is 12.1 Å².